The molecule has 0 radical (unpaired) electrons. The Morgan fingerprint density at radius 3 is 2.10 bits per heavy atom. The van der Waals surface area contributed by atoms with Gasteiger partial charge in [-0.25, -0.2) is 0 Å². The molecule has 4 saturated carbocycles. The monoisotopic (exact) mass is 292 g/mol. The van der Waals surface area contributed by atoms with E-state index in [-0.39, 0.29) is 5.91 Å². The zero-order valence-electron chi connectivity index (χ0n) is 13.4. The van der Waals surface area contributed by atoms with Crippen LogP contribution in [0.3, 0.4) is 0 Å². The van der Waals surface area contributed by atoms with Crippen LogP contribution in [0.5, 0.6) is 0 Å². The molecular formula is C18H32N2O. The Kier molecular flexibility index (Phi) is 4.88. The number of nitrogens with one attached hydrogen (secondary N) is 1. The minimum atomic E-state index is 0.276. The first-order valence-corrected chi connectivity index (χ1v) is 9.16. The third-order valence-electron chi connectivity index (χ3n) is 6.18. The molecule has 4 rings (SSSR count). The first kappa shape index (κ1) is 15.3. The molecule has 21 heavy (non-hydrogen) atoms. The summed E-state index contributed by atoms with van der Waals surface area (Å²) in [6, 6.07) is 0. The topological polar surface area (TPSA) is 55.1 Å². The Hall–Kier alpha value is -0.570. The highest BCUT2D eigenvalue weighted by Crippen LogP contribution is 2.59. The molecule has 3 N–H and O–H groups in total. The summed E-state index contributed by atoms with van der Waals surface area (Å²) < 4.78 is 0. The Labute approximate surface area is 129 Å². The summed E-state index contributed by atoms with van der Waals surface area (Å²) in [5, 5.41) is 3.27. The number of hydrogen-bond acceptors (Lipinski definition) is 2. The van der Waals surface area contributed by atoms with Gasteiger partial charge in [0.05, 0.1) is 0 Å². The molecule has 4 aliphatic rings. The van der Waals surface area contributed by atoms with Crippen molar-refractivity contribution in [3.05, 3.63) is 0 Å². The van der Waals surface area contributed by atoms with Crippen molar-refractivity contribution < 1.29 is 4.79 Å². The molecule has 0 unspecified atom stereocenters. The lowest BCUT2D eigenvalue weighted by atomic mass is 9.49. The fourth-order valence-corrected chi connectivity index (χ4v) is 5.66. The Morgan fingerprint density at radius 1 is 0.952 bits per heavy atom. The van der Waals surface area contributed by atoms with Crippen molar-refractivity contribution in [1.29, 1.82) is 0 Å². The smallest absolute Gasteiger partial charge is 0.220 e. The number of carbonyl (C=O) groups excluding carboxylic acids is 1. The summed E-state index contributed by atoms with van der Waals surface area (Å²) in [5.74, 6) is 3.21. The predicted molar refractivity (Wildman–Crippen MR) is 85.8 cm³/mol. The molecule has 3 heteroatoms. The van der Waals surface area contributed by atoms with E-state index in [0.29, 0.717) is 11.8 Å². The van der Waals surface area contributed by atoms with Gasteiger partial charge in [0.25, 0.3) is 0 Å². The van der Waals surface area contributed by atoms with Gasteiger partial charge in [-0.15, -0.1) is 0 Å². The lowest BCUT2D eigenvalue weighted by Crippen LogP contribution is -2.51. The van der Waals surface area contributed by atoms with Gasteiger partial charge in [0, 0.05) is 13.0 Å². The number of hydrogen-bond donors (Lipinski definition) is 2. The summed E-state index contributed by atoms with van der Waals surface area (Å²) >= 11 is 0. The highest BCUT2D eigenvalue weighted by Gasteiger charge is 2.50. The molecule has 4 bridgehead atoms. The van der Waals surface area contributed by atoms with Crippen LogP contribution >= 0.6 is 0 Å². The maximum absolute atomic E-state index is 12.0. The molecule has 0 aromatic carbocycles. The molecule has 0 spiro atoms. The molecule has 0 aliphatic heterocycles. The molecule has 120 valence electrons. The average Bonchev–Trinajstić information content (AvgIpc) is 2.44. The normalized spacial score (nSPS) is 36.9. The largest absolute Gasteiger partial charge is 0.356 e. The molecule has 4 fully saturated rings. The molecule has 0 aromatic rings. The van der Waals surface area contributed by atoms with E-state index in [4.69, 9.17) is 5.73 Å². The fourth-order valence-electron chi connectivity index (χ4n) is 5.66. The van der Waals surface area contributed by atoms with E-state index in [1.54, 1.807) is 0 Å². The lowest BCUT2D eigenvalue weighted by molar-refractivity contribution is -0.123. The van der Waals surface area contributed by atoms with Crippen molar-refractivity contribution in [3.63, 3.8) is 0 Å². The third-order valence-corrected chi connectivity index (χ3v) is 6.18. The van der Waals surface area contributed by atoms with Crippen LogP contribution in [0, 0.1) is 23.2 Å². The number of unbranched alkanes of at least 4 members (excludes halogenated alkanes) is 3. The van der Waals surface area contributed by atoms with Crippen LogP contribution in [0.15, 0.2) is 0 Å². The molecule has 4 aliphatic carbocycles. The van der Waals surface area contributed by atoms with Crippen LogP contribution in [0.2, 0.25) is 0 Å². The number of amides is 1. The standard InChI is InChI=1S/C18H32N2O/c19-6-4-2-1-3-5-17(21)20-13-18-10-14-7-15(11-18)9-16(8-14)12-18/h14-16H,1-13,19H2,(H,20,21). The molecule has 0 heterocycles. The van der Waals surface area contributed by atoms with Gasteiger partial charge >= 0.3 is 0 Å². The average molecular weight is 292 g/mol. The number of carbonyl (C=O) groups is 1. The van der Waals surface area contributed by atoms with E-state index >= 15 is 0 Å². The van der Waals surface area contributed by atoms with Gasteiger partial charge in [-0.05, 0) is 81.1 Å². The number of nitrogens with two attached hydrogens (primary N) is 1. The molecule has 0 saturated heterocycles. The van der Waals surface area contributed by atoms with E-state index in [1.165, 1.54) is 44.9 Å². The summed E-state index contributed by atoms with van der Waals surface area (Å²) in [6.45, 7) is 1.73. The van der Waals surface area contributed by atoms with Crippen LogP contribution in [0.1, 0.15) is 70.6 Å². The minimum Gasteiger partial charge on any atom is -0.356 e. The maximum Gasteiger partial charge on any atom is 0.220 e. The van der Waals surface area contributed by atoms with Crippen LogP contribution < -0.4 is 11.1 Å². The van der Waals surface area contributed by atoms with Crippen molar-refractivity contribution in [3.8, 4) is 0 Å². The summed E-state index contributed by atoms with van der Waals surface area (Å²) in [4.78, 5) is 12.0. The summed E-state index contributed by atoms with van der Waals surface area (Å²) in [7, 11) is 0. The van der Waals surface area contributed by atoms with Crippen molar-refractivity contribution in [2.24, 2.45) is 28.9 Å². The van der Waals surface area contributed by atoms with Gasteiger partial charge in [0.2, 0.25) is 5.91 Å². The first-order chi connectivity index (χ1) is 10.2. The SMILES string of the molecule is NCCCCCCC(=O)NCC12CC3CC(CC(C3)C1)C2. The Bertz CT molecular complexity index is 331. The second kappa shape index (κ2) is 6.68. The van der Waals surface area contributed by atoms with Crippen LogP contribution in [-0.2, 0) is 4.79 Å². The van der Waals surface area contributed by atoms with Crippen LogP contribution in [0.4, 0.5) is 0 Å². The molecule has 3 nitrogen and oxygen atoms in total. The quantitative estimate of drug-likeness (QED) is 0.675. The van der Waals surface area contributed by atoms with Crippen LogP contribution in [-0.4, -0.2) is 19.0 Å². The minimum absolute atomic E-state index is 0.276. The molecule has 0 aromatic heterocycles. The van der Waals surface area contributed by atoms with E-state index in [1.807, 2.05) is 0 Å². The Balaban J connectivity index is 1.38. The zero-order valence-corrected chi connectivity index (χ0v) is 13.4. The van der Waals surface area contributed by atoms with Gasteiger partial charge in [0.1, 0.15) is 0 Å². The Morgan fingerprint density at radius 2 is 1.52 bits per heavy atom. The second-order valence-electron chi connectivity index (χ2n) is 8.15. The van der Waals surface area contributed by atoms with Gasteiger partial charge in [0.15, 0.2) is 0 Å². The highest BCUT2D eigenvalue weighted by atomic mass is 16.1. The maximum atomic E-state index is 12.0. The predicted octanol–water partition coefficient (Wildman–Crippen LogP) is 3.23. The van der Waals surface area contributed by atoms with Gasteiger partial charge in [-0.1, -0.05) is 12.8 Å². The second-order valence-corrected chi connectivity index (χ2v) is 8.15. The van der Waals surface area contributed by atoms with Gasteiger partial charge in [-0.3, -0.25) is 4.79 Å². The van der Waals surface area contributed by atoms with Crippen molar-refractivity contribution in [2.75, 3.05) is 13.1 Å². The fraction of sp³-hybridized carbons (Fsp3) is 0.944. The van der Waals surface area contributed by atoms with Gasteiger partial charge < -0.3 is 11.1 Å². The molecule has 0 atom stereocenters. The third kappa shape index (κ3) is 3.80. The van der Waals surface area contributed by atoms with E-state index in [2.05, 4.69) is 5.32 Å². The first-order valence-electron chi connectivity index (χ1n) is 9.16. The van der Waals surface area contributed by atoms with Gasteiger partial charge in [-0.2, -0.15) is 0 Å². The van der Waals surface area contributed by atoms with Crippen molar-refractivity contribution in [2.45, 2.75) is 70.6 Å². The lowest BCUT2D eigenvalue weighted by Gasteiger charge is -2.56. The molecular weight excluding hydrogens is 260 g/mol. The zero-order chi connectivity index (χ0) is 14.7. The van der Waals surface area contributed by atoms with E-state index < -0.39 is 0 Å². The summed E-state index contributed by atoms with van der Waals surface area (Å²) in [5.41, 5.74) is 5.96. The number of rotatable bonds is 8. The van der Waals surface area contributed by atoms with Crippen molar-refractivity contribution >= 4 is 5.91 Å². The van der Waals surface area contributed by atoms with E-state index in [0.717, 1.165) is 50.1 Å². The van der Waals surface area contributed by atoms with E-state index in [9.17, 15) is 4.79 Å². The highest BCUT2D eigenvalue weighted by molar-refractivity contribution is 5.75. The summed E-state index contributed by atoms with van der Waals surface area (Å²) in [6.07, 6.45) is 13.7. The van der Waals surface area contributed by atoms with Crippen LogP contribution in [0.25, 0.3) is 0 Å². The molecule has 1 amide bonds. The van der Waals surface area contributed by atoms with Crippen molar-refractivity contribution in [1.82, 2.24) is 5.32 Å².